The van der Waals surface area contributed by atoms with Crippen LogP contribution in [-0.4, -0.2) is 30.8 Å². The molecule has 3 N–H and O–H groups in total. The van der Waals surface area contributed by atoms with Crippen LogP contribution in [0.2, 0.25) is 0 Å². The van der Waals surface area contributed by atoms with Crippen LogP contribution in [0.25, 0.3) is 0 Å². The van der Waals surface area contributed by atoms with Gasteiger partial charge in [-0.2, -0.15) is 0 Å². The number of nitrogens with two attached hydrogens (primary N) is 1. The fourth-order valence-corrected chi connectivity index (χ4v) is 2.74. The number of ether oxygens (including phenoxy) is 1. The van der Waals surface area contributed by atoms with Crippen molar-refractivity contribution in [1.82, 2.24) is 10.2 Å². The fraction of sp³-hybridized carbons (Fsp3) is 0.429. The molecule has 0 aliphatic carbocycles. The second-order valence-electron chi connectivity index (χ2n) is 5.05. The Morgan fingerprint density at radius 3 is 2.95 bits per heavy atom. The van der Waals surface area contributed by atoms with Gasteiger partial charge >= 0.3 is 0 Å². The van der Waals surface area contributed by atoms with Crippen LogP contribution in [0.1, 0.15) is 12.0 Å². The first-order valence-corrected chi connectivity index (χ1v) is 6.69. The summed E-state index contributed by atoms with van der Waals surface area (Å²) in [4.78, 5) is 2.18. The minimum absolute atomic E-state index is 0.111. The number of benzene rings is 1. The molecule has 2 aliphatic rings. The number of nitrogens with zero attached hydrogens (tertiary/aromatic N) is 1. The quantitative estimate of drug-likeness (QED) is 0.877. The first kappa shape index (κ1) is 13.2. The lowest BCUT2D eigenvalue weighted by Crippen LogP contribution is -2.43. The lowest BCUT2D eigenvalue weighted by atomic mass is 10.0. The molecule has 0 radical (unpaired) electrons. The predicted octanol–water partition coefficient (Wildman–Crippen LogP) is 1.32. The molecule has 0 saturated carbocycles. The molecule has 20 heavy (non-hydrogen) atoms. The Morgan fingerprint density at radius 1 is 1.35 bits per heavy atom. The summed E-state index contributed by atoms with van der Waals surface area (Å²) in [5.74, 6) is -1.25. The molecule has 0 saturated heterocycles. The number of nitrogens with one attached hydrogen (secondary N) is 1. The van der Waals surface area contributed by atoms with E-state index in [-0.39, 0.29) is 6.04 Å². The van der Waals surface area contributed by atoms with E-state index in [4.69, 9.17) is 10.5 Å². The van der Waals surface area contributed by atoms with Crippen molar-refractivity contribution in [3.8, 4) is 5.75 Å². The normalized spacial score (nSPS) is 21.1. The van der Waals surface area contributed by atoms with Crippen molar-refractivity contribution < 1.29 is 13.5 Å². The Balaban J connectivity index is 1.78. The summed E-state index contributed by atoms with van der Waals surface area (Å²) in [5, 5.41) is 3.17. The van der Waals surface area contributed by atoms with Crippen molar-refractivity contribution in [2.75, 3.05) is 19.8 Å². The van der Waals surface area contributed by atoms with E-state index in [2.05, 4.69) is 10.2 Å². The summed E-state index contributed by atoms with van der Waals surface area (Å²) in [6.45, 7) is 1.73. The lowest BCUT2D eigenvalue weighted by Gasteiger charge is -2.34. The maximum atomic E-state index is 13.3. The minimum atomic E-state index is -0.867. The SMILES string of the molecule is NCCC1=CNCN1[C@H]1COc2cc(F)c(F)cc2C1. The Hall–Kier alpha value is -1.82. The molecule has 2 heterocycles. The molecule has 0 fully saturated rings. The molecular formula is C14H17F2N3O. The highest BCUT2D eigenvalue weighted by molar-refractivity contribution is 5.37. The third-order valence-electron chi connectivity index (χ3n) is 3.73. The topological polar surface area (TPSA) is 50.5 Å². The van der Waals surface area contributed by atoms with Crippen LogP contribution in [-0.2, 0) is 6.42 Å². The standard InChI is InChI=1S/C14H17F2N3O/c15-12-4-9-3-11(7-20-14(9)5-13(12)16)19-8-18-6-10(19)1-2-17/h4-6,11,18H,1-3,7-8,17H2/t11-/m1/s1. The van der Waals surface area contributed by atoms with Gasteiger partial charge in [-0.25, -0.2) is 8.78 Å². The van der Waals surface area contributed by atoms with Crippen molar-refractivity contribution in [3.63, 3.8) is 0 Å². The highest BCUT2D eigenvalue weighted by Gasteiger charge is 2.29. The predicted molar refractivity (Wildman–Crippen MR) is 70.9 cm³/mol. The van der Waals surface area contributed by atoms with Crippen LogP contribution < -0.4 is 15.8 Å². The van der Waals surface area contributed by atoms with E-state index < -0.39 is 11.6 Å². The van der Waals surface area contributed by atoms with Crippen molar-refractivity contribution in [2.24, 2.45) is 5.73 Å². The minimum Gasteiger partial charge on any atom is -0.491 e. The van der Waals surface area contributed by atoms with Gasteiger partial charge in [0.1, 0.15) is 12.4 Å². The maximum absolute atomic E-state index is 13.3. The van der Waals surface area contributed by atoms with Gasteiger partial charge in [0, 0.05) is 24.4 Å². The monoisotopic (exact) mass is 281 g/mol. The van der Waals surface area contributed by atoms with Crippen LogP contribution in [0.3, 0.4) is 0 Å². The Kier molecular flexibility index (Phi) is 3.48. The molecule has 0 unspecified atom stereocenters. The zero-order chi connectivity index (χ0) is 14.1. The molecule has 1 atom stereocenters. The Labute approximate surface area is 116 Å². The first-order valence-electron chi connectivity index (χ1n) is 6.69. The molecule has 0 aromatic heterocycles. The summed E-state index contributed by atoms with van der Waals surface area (Å²) < 4.78 is 32.1. The number of halogens is 2. The Morgan fingerprint density at radius 2 is 2.15 bits per heavy atom. The van der Waals surface area contributed by atoms with Crippen LogP contribution in [0.5, 0.6) is 5.75 Å². The van der Waals surface area contributed by atoms with Gasteiger partial charge in [0.25, 0.3) is 0 Å². The van der Waals surface area contributed by atoms with E-state index in [1.54, 1.807) is 0 Å². The van der Waals surface area contributed by atoms with E-state index in [1.165, 1.54) is 6.07 Å². The molecule has 3 rings (SSSR count). The molecule has 4 nitrogen and oxygen atoms in total. The first-order chi connectivity index (χ1) is 9.69. The molecule has 6 heteroatoms. The van der Waals surface area contributed by atoms with E-state index in [0.29, 0.717) is 37.6 Å². The van der Waals surface area contributed by atoms with E-state index in [0.717, 1.165) is 18.2 Å². The van der Waals surface area contributed by atoms with Gasteiger partial charge in [0.2, 0.25) is 0 Å². The molecule has 0 amide bonds. The highest BCUT2D eigenvalue weighted by atomic mass is 19.2. The van der Waals surface area contributed by atoms with E-state index in [9.17, 15) is 8.78 Å². The molecule has 0 bridgehead atoms. The largest absolute Gasteiger partial charge is 0.491 e. The van der Waals surface area contributed by atoms with Crippen LogP contribution >= 0.6 is 0 Å². The van der Waals surface area contributed by atoms with Crippen molar-refractivity contribution in [1.29, 1.82) is 0 Å². The molecule has 2 aliphatic heterocycles. The van der Waals surface area contributed by atoms with E-state index >= 15 is 0 Å². The molecule has 108 valence electrons. The van der Waals surface area contributed by atoms with E-state index in [1.807, 2.05) is 6.20 Å². The average Bonchev–Trinajstić information content (AvgIpc) is 2.88. The van der Waals surface area contributed by atoms with Gasteiger partial charge in [-0.05, 0) is 24.6 Å². The number of fused-ring (bicyclic) bond motifs is 1. The third-order valence-corrected chi connectivity index (χ3v) is 3.73. The highest BCUT2D eigenvalue weighted by Crippen LogP contribution is 2.30. The van der Waals surface area contributed by atoms with Crippen molar-refractivity contribution in [3.05, 3.63) is 41.2 Å². The zero-order valence-corrected chi connectivity index (χ0v) is 11.0. The third kappa shape index (κ3) is 2.31. The summed E-state index contributed by atoms with van der Waals surface area (Å²) >= 11 is 0. The maximum Gasteiger partial charge on any atom is 0.162 e. The number of rotatable bonds is 3. The summed E-state index contributed by atoms with van der Waals surface area (Å²) in [6, 6.07) is 2.46. The molecule has 1 aromatic carbocycles. The second-order valence-corrected chi connectivity index (χ2v) is 5.05. The number of hydrogen-bond donors (Lipinski definition) is 2. The van der Waals surface area contributed by atoms with Crippen molar-refractivity contribution in [2.45, 2.75) is 18.9 Å². The zero-order valence-electron chi connectivity index (χ0n) is 11.0. The van der Waals surface area contributed by atoms with Crippen LogP contribution in [0, 0.1) is 11.6 Å². The van der Waals surface area contributed by atoms with Crippen molar-refractivity contribution >= 4 is 0 Å². The van der Waals surface area contributed by atoms with Gasteiger partial charge in [0.05, 0.1) is 12.7 Å². The molecule has 0 spiro atoms. The fourth-order valence-electron chi connectivity index (χ4n) is 2.74. The second kappa shape index (κ2) is 5.28. The Bertz CT molecular complexity index is 547. The summed E-state index contributed by atoms with van der Waals surface area (Å²) in [7, 11) is 0. The smallest absolute Gasteiger partial charge is 0.162 e. The molecular weight excluding hydrogens is 264 g/mol. The molecule has 1 aromatic rings. The summed E-state index contributed by atoms with van der Waals surface area (Å²) in [6.07, 6.45) is 3.37. The summed E-state index contributed by atoms with van der Waals surface area (Å²) in [5.41, 5.74) is 7.43. The van der Waals surface area contributed by atoms with Crippen LogP contribution in [0.4, 0.5) is 8.78 Å². The van der Waals surface area contributed by atoms with Gasteiger partial charge in [-0.3, -0.25) is 0 Å². The lowest BCUT2D eigenvalue weighted by molar-refractivity contribution is 0.151. The van der Waals surface area contributed by atoms with Gasteiger partial charge in [0.15, 0.2) is 11.6 Å². The van der Waals surface area contributed by atoms with Gasteiger partial charge < -0.3 is 20.7 Å². The van der Waals surface area contributed by atoms with Gasteiger partial charge in [-0.1, -0.05) is 0 Å². The van der Waals surface area contributed by atoms with Gasteiger partial charge in [-0.15, -0.1) is 0 Å². The number of hydrogen-bond acceptors (Lipinski definition) is 4. The van der Waals surface area contributed by atoms with Crippen LogP contribution in [0.15, 0.2) is 24.0 Å². The average molecular weight is 281 g/mol.